The van der Waals surface area contributed by atoms with E-state index >= 15 is 0 Å². The van der Waals surface area contributed by atoms with Gasteiger partial charge in [-0.2, -0.15) is 9.78 Å². The molecular weight excluding hydrogens is 404 g/mol. The van der Waals surface area contributed by atoms with E-state index in [2.05, 4.69) is 10.4 Å². The number of aryl methyl sites for hydroxylation is 1. The third-order valence-corrected chi connectivity index (χ3v) is 5.61. The van der Waals surface area contributed by atoms with Gasteiger partial charge in [-0.25, -0.2) is 9.97 Å². The second kappa shape index (κ2) is 8.39. The van der Waals surface area contributed by atoms with Gasteiger partial charge in [-0.15, -0.1) is 0 Å². The Bertz CT molecular complexity index is 1320. The zero-order valence-corrected chi connectivity index (χ0v) is 17.8. The Labute approximate surface area is 185 Å². The molecule has 2 aromatic carbocycles. The van der Waals surface area contributed by atoms with Gasteiger partial charge in [-0.3, -0.25) is 4.79 Å². The van der Waals surface area contributed by atoms with Crippen molar-refractivity contribution in [1.29, 1.82) is 0 Å². The topological polar surface area (TPSA) is 107 Å². The predicted molar refractivity (Wildman–Crippen MR) is 125 cm³/mol. The molecule has 1 unspecified atom stereocenters. The maximum atomic E-state index is 13.1. The molecule has 3 N–H and O–H groups in total. The number of nitrogen functional groups attached to an aromatic ring is 1. The van der Waals surface area contributed by atoms with E-state index in [0.717, 1.165) is 30.6 Å². The quantitative estimate of drug-likeness (QED) is 0.475. The number of carbonyl (C=O) groups is 1. The van der Waals surface area contributed by atoms with Crippen molar-refractivity contribution < 1.29 is 9.53 Å². The van der Waals surface area contributed by atoms with Crippen LogP contribution in [-0.2, 0) is 4.74 Å². The zero-order chi connectivity index (χ0) is 22.1. The lowest BCUT2D eigenvalue weighted by Crippen LogP contribution is -2.32. The van der Waals surface area contributed by atoms with Crippen molar-refractivity contribution in [1.82, 2.24) is 20.0 Å². The van der Waals surface area contributed by atoms with Crippen molar-refractivity contribution in [3.63, 3.8) is 0 Å². The lowest BCUT2D eigenvalue weighted by molar-refractivity contribution is 0.0859. The van der Waals surface area contributed by atoms with Gasteiger partial charge in [0, 0.05) is 13.2 Å². The Morgan fingerprint density at radius 1 is 1.22 bits per heavy atom. The highest BCUT2D eigenvalue weighted by Gasteiger charge is 2.25. The third-order valence-electron chi connectivity index (χ3n) is 5.61. The average molecular weight is 428 g/mol. The number of carbonyl (C=O) groups excluding carboxylic acids is 1. The van der Waals surface area contributed by atoms with E-state index in [1.54, 1.807) is 6.21 Å². The summed E-state index contributed by atoms with van der Waals surface area (Å²) in [6.07, 6.45) is 3.66. The first-order valence-electron chi connectivity index (χ1n) is 10.7. The molecule has 4 aromatic rings. The molecular formula is C24H24N6O2. The van der Waals surface area contributed by atoms with Crippen molar-refractivity contribution in [2.24, 2.45) is 5.10 Å². The third kappa shape index (κ3) is 3.80. The van der Waals surface area contributed by atoms with Crippen LogP contribution in [0.15, 0.2) is 53.6 Å². The summed E-state index contributed by atoms with van der Waals surface area (Å²) in [5.41, 5.74) is 11.0. The summed E-state index contributed by atoms with van der Waals surface area (Å²) in [6, 6.07) is 15.5. The van der Waals surface area contributed by atoms with Gasteiger partial charge in [0.05, 0.1) is 23.4 Å². The van der Waals surface area contributed by atoms with E-state index in [1.807, 2.05) is 55.5 Å². The highest BCUT2D eigenvalue weighted by molar-refractivity contribution is 6.10. The number of nitrogens with two attached hydrogens (primary N) is 1. The van der Waals surface area contributed by atoms with E-state index in [0.29, 0.717) is 28.7 Å². The van der Waals surface area contributed by atoms with Crippen LogP contribution in [0.1, 0.15) is 34.3 Å². The molecule has 1 amide bonds. The molecule has 8 nitrogen and oxygen atoms in total. The minimum absolute atomic E-state index is 0.0278. The molecule has 1 fully saturated rings. The number of hydrogen-bond acceptors (Lipinski definition) is 6. The van der Waals surface area contributed by atoms with Crippen LogP contribution in [0, 0.1) is 6.92 Å². The number of para-hydroxylation sites is 2. The summed E-state index contributed by atoms with van der Waals surface area (Å²) >= 11 is 0. The monoisotopic (exact) mass is 428 g/mol. The van der Waals surface area contributed by atoms with Crippen molar-refractivity contribution in [3.05, 3.63) is 65.2 Å². The minimum atomic E-state index is -0.308. The largest absolute Gasteiger partial charge is 0.383 e. The number of aromatic nitrogens is 3. The molecule has 1 aliphatic rings. The predicted octanol–water partition coefficient (Wildman–Crippen LogP) is 3.27. The Balaban J connectivity index is 1.58. The number of hydrogen-bond donors (Lipinski definition) is 2. The van der Waals surface area contributed by atoms with Crippen LogP contribution in [0.5, 0.6) is 0 Å². The first-order valence-corrected chi connectivity index (χ1v) is 10.7. The summed E-state index contributed by atoms with van der Waals surface area (Å²) in [5.74, 6) is -0.111. The van der Waals surface area contributed by atoms with Crippen molar-refractivity contribution in [2.45, 2.75) is 25.9 Å². The highest BCUT2D eigenvalue weighted by atomic mass is 16.5. The normalized spacial score (nSPS) is 16.3. The maximum Gasteiger partial charge on any atom is 0.257 e. The van der Waals surface area contributed by atoms with Gasteiger partial charge in [-0.05, 0) is 37.5 Å². The smallest absolute Gasteiger partial charge is 0.257 e. The number of anilines is 1. The number of ether oxygens (including phenoxy) is 1. The van der Waals surface area contributed by atoms with Gasteiger partial charge in [0.1, 0.15) is 16.9 Å². The summed E-state index contributed by atoms with van der Waals surface area (Å²) in [5, 5.41) is 7.48. The summed E-state index contributed by atoms with van der Waals surface area (Å²) in [6.45, 7) is 3.19. The first-order chi connectivity index (χ1) is 15.6. The van der Waals surface area contributed by atoms with Crippen LogP contribution in [0.3, 0.4) is 0 Å². The van der Waals surface area contributed by atoms with Crippen LogP contribution < -0.4 is 11.1 Å². The van der Waals surface area contributed by atoms with Gasteiger partial charge in [0.2, 0.25) is 0 Å². The fourth-order valence-corrected chi connectivity index (χ4v) is 3.87. The summed E-state index contributed by atoms with van der Waals surface area (Å²) in [4.78, 5) is 22.5. The van der Waals surface area contributed by atoms with E-state index < -0.39 is 0 Å². The molecule has 0 radical (unpaired) electrons. The number of nitrogens with zero attached hydrogens (tertiary/aromatic N) is 4. The molecule has 8 heteroatoms. The van der Waals surface area contributed by atoms with Crippen LogP contribution in [-0.4, -0.2) is 46.0 Å². The van der Waals surface area contributed by atoms with E-state index in [4.69, 9.17) is 20.4 Å². The van der Waals surface area contributed by atoms with Crippen molar-refractivity contribution in [3.8, 4) is 0 Å². The van der Waals surface area contributed by atoms with Gasteiger partial charge in [-0.1, -0.05) is 42.0 Å². The number of rotatable bonds is 5. The molecule has 1 aliphatic heterocycles. The van der Waals surface area contributed by atoms with Gasteiger partial charge in [0.25, 0.3) is 5.91 Å². The van der Waals surface area contributed by atoms with Crippen LogP contribution >= 0.6 is 0 Å². The van der Waals surface area contributed by atoms with E-state index in [9.17, 15) is 4.79 Å². The van der Waals surface area contributed by atoms with Crippen molar-refractivity contribution >= 4 is 40.1 Å². The molecule has 2 aromatic heterocycles. The summed E-state index contributed by atoms with van der Waals surface area (Å²) in [7, 11) is 0. The van der Waals surface area contributed by atoms with Crippen LogP contribution in [0.4, 0.5) is 5.82 Å². The molecule has 0 saturated carbocycles. The molecule has 162 valence electrons. The molecule has 0 aliphatic carbocycles. The maximum absolute atomic E-state index is 13.1. The molecule has 1 saturated heterocycles. The Morgan fingerprint density at radius 2 is 1.97 bits per heavy atom. The minimum Gasteiger partial charge on any atom is -0.383 e. The molecule has 0 spiro atoms. The number of fused-ring (bicyclic) bond motifs is 2. The molecule has 3 heterocycles. The average Bonchev–Trinajstić information content (AvgIpc) is 3.41. The first kappa shape index (κ1) is 20.1. The van der Waals surface area contributed by atoms with Crippen LogP contribution in [0.2, 0.25) is 0 Å². The zero-order valence-electron chi connectivity index (χ0n) is 17.8. The second-order valence-corrected chi connectivity index (χ2v) is 7.96. The molecule has 0 bridgehead atoms. The lowest BCUT2D eigenvalue weighted by atomic mass is 10.2. The highest BCUT2D eigenvalue weighted by Crippen LogP contribution is 2.28. The summed E-state index contributed by atoms with van der Waals surface area (Å²) < 4.78 is 7.09. The molecule has 5 rings (SSSR count). The van der Waals surface area contributed by atoms with Gasteiger partial charge >= 0.3 is 0 Å². The van der Waals surface area contributed by atoms with Gasteiger partial charge in [0.15, 0.2) is 5.65 Å². The fourth-order valence-electron chi connectivity index (χ4n) is 3.87. The SMILES string of the molecule is Cc1ccc(C=Nn2c(N)c(C(=O)NCC3CCCO3)c3nc4ccccc4nc32)cc1. The number of amides is 1. The fraction of sp³-hybridized carbons (Fsp3) is 0.250. The van der Waals surface area contributed by atoms with Gasteiger partial charge < -0.3 is 15.8 Å². The van der Waals surface area contributed by atoms with E-state index in [1.165, 1.54) is 4.68 Å². The molecule has 1 atom stereocenters. The number of nitrogens with one attached hydrogen (secondary N) is 1. The van der Waals surface area contributed by atoms with E-state index in [-0.39, 0.29) is 23.4 Å². The Kier molecular flexibility index (Phi) is 5.28. The van der Waals surface area contributed by atoms with Crippen LogP contribution in [0.25, 0.3) is 22.2 Å². The standard InChI is InChI=1S/C24H24N6O2/c1-15-8-10-16(11-9-15)13-27-30-22(25)20(24(31)26-14-17-5-4-12-32-17)21-23(30)29-19-7-3-2-6-18(19)28-21/h2-3,6-11,13,17H,4-5,12,14,25H2,1H3,(H,26,31). The number of benzene rings is 2. The second-order valence-electron chi connectivity index (χ2n) is 7.96. The Morgan fingerprint density at radius 3 is 2.69 bits per heavy atom. The lowest BCUT2D eigenvalue weighted by Gasteiger charge is -2.10. The van der Waals surface area contributed by atoms with Crippen molar-refractivity contribution in [2.75, 3.05) is 18.9 Å². The Hall–Kier alpha value is -3.78. The molecule has 32 heavy (non-hydrogen) atoms.